The van der Waals surface area contributed by atoms with Crippen molar-refractivity contribution in [3.63, 3.8) is 0 Å². The first-order valence-corrected chi connectivity index (χ1v) is 28.9. The molecule has 11 N–H and O–H groups in total. The molecule has 2 aliphatic heterocycles. The fourth-order valence-corrected chi connectivity index (χ4v) is 10.8. The molecule has 75 heavy (non-hydrogen) atoms. The second kappa shape index (κ2) is 37.7. The predicted molar refractivity (Wildman–Crippen MR) is 278 cm³/mol. The van der Waals surface area contributed by atoms with E-state index in [0.29, 0.717) is 12.8 Å². The van der Waals surface area contributed by atoms with Gasteiger partial charge in [-0.05, 0) is 24.7 Å². The molecule has 20 nitrogen and oxygen atoms in total. The molecule has 20 heteroatoms. The van der Waals surface area contributed by atoms with Crippen LogP contribution in [0, 0.1) is 11.8 Å². The maximum atomic E-state index is 13.3. The van der Waals surface area contributed by atoms with Crippen LogP contribution in [0.15, 0.2) is 0 Å². The second-order valence-corrected chi connectivity index (χ2v) is 21.8. The Hall–Kier alpha value is -2.15. The van der Waals surface area contributed by atoms with E-state index in [0.717, 1.165) is 51.4 Å². The van der Waals surface area contributed by atoms with Gasteiger partial charge in [0.15, 0.2) is 12.6 Å². The number of ether oxygens (including phenoxy) is 6. The summed E-state index contributed by atoms with van der Waals surface area (Å²) in [6.45, 7) is 5.09. The molecule has 1 aliphatic carbocycles. The fourth-order valence-electron chi connectivity index (χ4n) is 10.8. The van der Waals surface area contributed by atoms with Crippen LogP contribution in [0.5, 0.6) is 0 Å². The number of hydrogen-bond acceptors (Lipinski definition) is 18. The lowest BCUT2D eigenvalue weighted by molar-refractivity contribution is -0.356. The number of aliphatic hydroxyl groups excluding tert-OH is 9. The van der Waals surface area contributed by atoms with Crippen LogP contribution in [0.2, 0.25) is 0 Å². The van der Waals surface area contributed by atoms with Gasteiger partial charge < -0.3 is 85.0 Å². The average Bonchev–Trinajstić information content (AvgIpc) is 3.39. The summed E-state index contributed by atoms with van der Waals surface area (Å²) in [6, 6.07) is -1.73. The molecule has 1 saturated carbocycles. The molecule has 0 bridgehead atoms. The van der Waals surface area contributed by atoms with Gasteiger partial charge in [-0.25, -0.2) is 0 Å². The summed E-state index contributed by atoms with van der Waals surface area (Å²) in [4.78, 5) is 37.7. The molecule has 0 aromatic rings. The molecule has 0 spiro atoms. The summed E-state index contributed by atoms with van der Waals surface area (Å²) in [6.07, 6.45) is 8.25. The summed E-state index contributed by atoms with van der Waals surface area (Å²) in [5.74, 6) is -4.19. The second-order valence-electron chi connectivity index (χ2n) is 21.8. The lowest BCUT2D eigenvalue weighted by Gasteiger charge is -2.48. The van der Waals surface area contributed by atoms with Gasteiger partial charge in [0.05, 0.1) is 44.7 Å². The molecule has 6 unspecified atom stereocenters. The Morgan fingerprint density at radius 1 is 0.693 bits per heavy atom. The maximum Gasteiger partial charge on any atom is 0.295 e. The molecule has 2 saturated heterocycles. The van der Waals surface area contributed by atoms with Crippen molar-refractivity contribution in [2.24, 2.45) is 11.8 Å². The van der Waals surface area contributed by atoms with E-state index in [1.54, 1.807) is 6.92 Å². The van der Waals surface area contributed by atoms with Crippen LogP contribution in [-0.2, 0) is 42.8 Å². The summed E-state index contributed by atoms with van der Waals surface area (Å²) in [5, 5.41) is 103. The van der Waals surface area contributed by atoms with Gasteiger partial charge in [0.25, 0.3) is 6.47 Å². The summed E-state index contributed by atoms with van der Waals surface area (Å²) < 4.78 is 35.6. The molecule has 2 heterocycles. The normalized spacial score (nSPS) is 31.3. The number of nitrogens with one attached hydrogen (secondary N) is 2. The highest BCUT2D eigenvalue weighted by molar-refractivity contribution is 5.76. The molecule has 0 radical (unpaired) electrons. The Morgan fingerprint density at radius 3 is 1.75 bits per heavy atom. The zero-order valence-electron chi connectivity index (χ0n) is 45.9. The molecular formula is C55H102N2O18. The predicted octanol–water partition coefficient (Wildman–Crippen LogP) is 4.06. The number of amides is 2. The highest BCUT2D eigenvalue weighted by Gasteiger charge is 2.54. The van der Waals surface area contributed by atoms with E-state index in [4.69, 9.17) is 28.4 Å². The van der Waals surface area contributed by atoms with Crippen LogP contribution in [-0.4, -0.2) is 182 Å². The zero-order chi connectivity index (χ0) is 55.2. The number of aliphatic hydroxyl groups is 9. The molecule has 3 fully saturated rings. The molecule has 2 amide bonds. The third-order valence-electron chi connectivity index (χ3n) is 15.6. The minimum Gasteiger partial charge on any atom is -0.435 e. The van der Waals surface area contributed by atoms with Gasteiger partial charge in [0, 0.05) is 26.2 Å². The highest BCUT2D eigenvalue weighted by Crippen LogP contribution is 2.42. The van der Waals surface area contributed by atoms with Gasteiger partial charge in [-0.2, -0.15) is 0 Å². The van der Waals surface area contributed by atoms with Crippen molar-refractivity contribution in [2.75, 3.05) is 26.4 Å². The van der Waals surface area contributed by atoms with E-state index in [1.807, 2.05) is 0 Å². The van der Waals surface area contributed by atoms with Crippen molar-refractivity contribution in [1.29, 1.82) is 0 Å². The van der Waals surface area contributed by atoms with E-state index in [2.05, 4.69) is 24.5 Å². The van der Waals surface area contributed by atoms with E-state index < -0.39 is 129 Å². The highest BCUT2D eigenvalue weighted by atomic mass is 16.8. The number of unbranched alkanes of at least 4 members (excludes halogenated alkanes) is 21. The Bertz CT molecular complexity index is 1520. The zero-order valence-corrected chi connectivity index (χ0v) is 45.9. The lowest BCUT2D eigenvalue weighted by Crippen LogP contribution is -2.68. The third kappa shape index (κ3) is 23.6. The first-order chi connectivity index (χ1) is 36.1. The van der Waals surface area contributed by atoms with Crippen LogP contribution in [0.4, 0.5) is 0 Å². The van der Waals surface area contributed by atoms with Crippen LogP contribution in [0.3, 0.4) is 0 Å². The molecule has 0 aromatic heterocycles. The molecular weight excluding hydrogens is 977 g/mol. The van der Waals surface area contributed by atoms with Crippen molar-refractivity contribution in [1.82, 2.24) is 10.6 Å². The monoisotopic (exact) mass is 1080 g/mol. The lowest BCUT2D eigenvalue weighted by atomic mass is 9.71. The van der Waals surface area contributed by atoms with Crippen LogP contribution in [0.25, 0.3) is 0 Å². The molecule has 3 rings (SSSR count). The summed E-state index contributed by atoms with van der Waals surface area (Å²) >= 11 is 0. The SMILES string of the molecule is CCCCCCCCCCCCCCCCCC(=O)NC(CCCCCCCCCC)CO[C@@H]1OC(CO)[C@@H](O[C@@H]2OC(CO[C@@]3(OC=O)CC([C@H](O)[C@H](O)CO)[C@H](C)[C@H](O)C3)[C@H](O)[C@H](O)C2O)[C@H](O)C1NC(C)=O. The first kappa shape index (κ1) is 67.1. The van der Waals surface area contributed by atoms with Gasteiger partial charge >= 0.3 is 0 Å². The quantitative estimate of drug-likeness (QED) is 0.0234. The van der Waals surface area contributed by atoms with Crippen molar-refractivity contribution < 1.29 is 88.8 Å². The Balaban J connectivity index is 1.63. The minimum atomic E-state index is -1.94. The number of rotatable bonds is 41. The van der Waals surface area contributed by atoms with Crippen LogP contribution in [0.1, 0.15) is 201 Å². The van der Waals surface area contributed by atoms with Crippen molar-refractivity contribution in [2.45, 2.75) is 293 Å². The van der Waals surface area contributed by atoms with Crippen LogP contribution < -0.4 is 10.6 Å². The Kier molecular flexibility index (Phi) is 33.7. The largest absolute Gasteiger partial charge is 0.435 e. The van der Waals surface area contributed by atoms with Gasteiger partial charge in [0.2, 0.25) is 17.6 Å². The number of hydrogen-bond donors (Lipinski definition) is 11. The van der Waals surface area contributed by atoms with Gasteiger partial charge in [-0.15, -0.1) is 0 Å². The smallest absolute Gasteiger partial charge is 0.295 e. The molecule has 3 aliphatic rings. The van der Waals surface area contributed by atoms with E-state index in [-0.39, 0.29) is 31.8 Å². The molecule has 440 valence electrons. The van der Waals surface area contributed by atoms with E-state index in [9.17, 15) is 60.3 Å². The van der Waals surface area contributed by atoms with Crippen molar-refractivity contribution in [3.8, 4) is 0 Å². The van der Waals surface area contributed by atoms with Crippen molar-refractivity contribution in [3.05, 3.63) is 0 Å². The number of carbonyl (C=O) groups is 3. The van der Waals surface area contributed by atoms with Gasteiger partial charge in [0.1, 0.15) is 54.9 Å². The van der Waals surface area contributed by atoms with E-state index in [1.165, 1.54) is 103 Å². The summed E-state index contributed by atoms with van der Waals surface area (Å²) in [5.41, 5.74) is 0. The number of carbonyl (C=O) groups excluding carboxylic acids is 3. The average molecular weight is 1080 g/mol. The summed E-state index contributed by atoms with van der Waals surface area (Å²) in [7, 11) is 0. The Morgan fingerprint density at radius 2 is 1.23 bits per heavy atom. The molecule has 17 atom stereocenters. The van der Waals surface area contributed by atoms with E-state index >= 15 is 0 Å². The van der Waals surface area contributed by atoms with Crippen LogP contribution >= 0.6 is 0 Å². The minimum absolute atomic E-state index is 0.0403. The third-order valence-corrected chi connectivity index (χ3v) is 15.6. The first-order valence-electron chi connectivity index (χ1n) is 28.9. The topological polar surface area (TPSA) is 313 Å². The van der Waals surface area contributed by atoms with Gasteiger partial charge in [-0.1, -0.05) is 162 Å². The van der Waals surface area contributed by atoms with Crippen molar-refractivity contribution >= 4 is 18.3 Å². The molecule has 0 aromatic carbocycles. The Labute approximate surface area is 447 Å². The maximum absolute atomic E-state index is 13.3. The fraction of sp³-hybridized carbons (Fsp3) is 0.945. The van der Waals surface area contributed by atoms with Gasteiger partial charge in [-0.3, -0.25) is 14.4 Å². The standard InChI is InChI=1S/C55H102N2O18/c1-5-7-9-11-13-15-16-17-18-19-20-21-23-25-27-29-45(64)57-39(28-26-24-22-14-12-10-8-6-2)34-70-53-46(56-38(4)61)49(67)52(43(33-59)73-53)75-54-51(69)50(68)48(66)44(74-54)35-71-55(72-36-60)30-40(37(3)41(62)31-55)47(65)42(63)32-58/h36-37,39-44,46-54,58-59,62-63,65-69H,5-35H2,1-4H3,(H,56,61)(H,57,64)/t37-,39?,40?,41+,42+,43?,44?,46?,47-,48-,49+,50-,51?,52+,53+,54-,55+/m0/s1.